The average molecular weight is 283 g/mol. The van der Waals surface area contributed by atoms with Crippen LogP contribution in [0, 0.1) is 6.92 Å². The van der Waals surface area contributed by atoms with E-state index in [1.807, 2.05) is 0 Å². The van der Waals surface area contributed by atoms with E-state index in [4.69, 9.17) is 0 Å². The minimum atomic E-state index is -0.227. The Labute approximate surface area is 110 Å². The minimum absolute atomic E-state index is 0.145. The second-order valence-corrected chi connectivity index (χ2v) is 5.07. The third-order valence-electron chi connectivity index (χ3n) is 1.79. The Morgan fingerprint density at radius 1 is 1.61 bits per heavy atom. The second kappa shape index (κ2) is 5.74. The first-order valence-electron chi connectivity index (χ1n) is 4.90. The Morgan fingerprint density at radius 3 is 3.11 bits per heavy atom. The molecule has 2 aromatic rings. The van der Waals surface area contributed by atoms with Gasteiger partial charge in [-0.3, -0.25) is 14.9 Å². The van der Waals surface area contributed by atoms with Gasteiger partial charge in [-0.25, -0.2) is 4.98 Å². The summed E-state index contributed by atoms with van der Waals surface area (Å²) in [7, 11) is 0. The van der Waals surface area contributed by atoms with Gasteiger partial charge in [0.1, 0.15) is 5.51 Å². The van der Waals surface area contributed by atoms with Crippen molar-refractivity contribution in [2.45, 2.75) is 12.1 Å². The van der Waals surface area contributed by atoms with Gasteiger partial charge in [0, 0.05) is 11.8 Å². The topological polar surface area (TPSA) is 101 Å². The van der Waals surface area contributed by atoms with Crippen molar-refractivity contribution < 1.29 is 4.79 Å². The van der Waals surface area contributed by atoms with E-state index in [0.717, 1.165) is 11.8 Å². The van der Waals surface area contributed by atoms with E-state index in [9.17, 15) is 9.59 Å². The summed E-state index contributed by atoms with van der Waals surface area (Å²) in [5.74, 6) is -0.0766. The molecule has 0 saturated carbocycles. The van der Waals surface area contributed by atoms with Gasteiger partial charge in [0.15, 0.2) is 5.16 Å². The van der Waals surface area contributed by atoms with E-state index in [0.29, 0.717) is 16.0 Å². The number of carbonyl (C=O) groups excluding carboxylic acids is 1. The van der Waals surface area contributed by atoms with Crippen molar-refractivity contribution in [3.8, 4) is 0 Å². The highest BCUT2D eigenvalue weighted by Gasteiger charge is 2.07. The standard InChI is InChI=1S/C9H9N5O2S2/c1-5-2-6(15)12-8(11-5)17-3-7(16)13-9-14-10-4-18-9/h2,4H,3H2,1H3,(H,11,12,15)(H,13,14,16). The van der Waals surface area contributed by atoms with Crippen molar-refractivity contribution in [2.24, 2.45) is 0 Å². The molecule has 9 heteroatoms. The fourth-order valence-corrected chi connectivity index (χ4v) is 2.32. The van der Waals surface area contributed by atoms with E-state index < -0.39 is 0 Å². The maximum absolute atomic E-state index is 11.5. The smallest absolute Gasteiger partial charge is 0.251 e. The number of thioether (sulfide) groups is 1. The predicted octanol–water partition coefficient (Wildman–Crippen LogP) is 0.661. The lowest BCUT2D eigenvalue weighted by atomic mass is 10.5. The van der Waals surface area contributed by atoms with Crippen LogP contribution in [0.3, 0.4) is 0 Å². The maximum atomic E-state index is 11.5. The molecule has 0 unspecified atom stereocenters. The number of nitrogens with one attached hydrogen (secondary N) is 2. The molecule has 1 amide bonds. The molecule has 94 valence electrons. The fourth-order valence-electron chi connectivity index (χ4n) is 1.14. The highest BCUT2D eigenvalue weighted by atomic mass is 32.2. The summed E-state index contributed by atoms with van der Waals surface area (Å²) in [6.07, 6.45) is 0. The zero-order valence-electron chi connectivity index (χ0n) is 9.34. The van der Waals surface area contributed by atoms with Crippen LogP contribution in [0.15, 0.2) is 21.5 Å². The van der Waals surface area contributed by atoms with Gasteiger partial charge in [-0.2, -0.15) is 0 Å². The number of aryl methyl sites for hydroxylation is 1. The first-order chi connectivity index (χ1) is 8.63. The molecule has 2 aromatic heterocycles. The molecule has 0 radical (unpaired) electrons. The number of anilines is 1. The molecule has 0 bridgehead atoms. The molecule has 2 rings (SSSR count). The molecule has 7 nitrogen and oxygen atoms in total. The third kappa shape index (κ3) is 3.64. The first-order valence-corrected chi connectivity index (χ1v) is 6.77. The summed E-state index contributed by atoms with van der Waals surface area (Å²) in [5, 5.41) is 10.8. The SMILES string of the molecule is Cc1cc(=O)[nH]c(SCC(=O)Nc2nncs2)n1. The number of carbonyl (C=O) groups is 1. The van der Waals surface area contributed by atoms with Crippen LogP contribution in [0.5, 0.6) is 0 Å². The number of H-pyrrole nitrogens is 1. The van der Waals surface area contributed by atoms with E-state index >= 15 is 0 Å². The summed E-state index contributed by atoms with van der Waals surface area (Å²) in [5.41, 5.74) is 1.92. The summed E-state index contributed by atoms with van der Waals surface area (Å²) < 4.78 is 0. The molecule has 0 aliphatic heterocycles. The lowest BCUT2D eigenvalue weighted by Crippen LogP contribution is -2.15. The lowest BCUT2D eigenvalue weighted by Gasteiger charge is -2.01. The van der Waals surface area contributed by atoms with Crippen molar-refractivity contribution in [1.29, 1.82) is 0 Å². The highest BCUT2D eigenvalue weighted by Crippen LogP contribution is 2.13. The second-order valence-electron chi connectivity index (χ2n) is 3.27. The monoisotopic (exact) mass is 283 g/mol. The van der Waals surface area contributed by atoms with Crippen molar-refractivity contribution >= 4 is 34.1 Å². The Bertz CT molecular complexity index is 595. The van der Waals surface area contributed by atoms with E-state index in [-0.39, 0.29) is 17.2 Å². The largest absolute Gasteiger partial charge is 0.301 e. The summed E-state index contributed by atoms with van der Waals surface area (Å²) in [6.45, 7) is 1.72. The number of hydrogen-bond acceptors (Lipinski definition) is 7. The van der Waals surface area contributed by atoms with Gasteiger partial charge in [-0.05, 0) is 6.92 Å². The minimum Gasteiger partial charge on any atom is -0.301 e. The summed E-state index contributed by atoms with van der Waals surface area (Å²) in [4.78, 5) is 29.4. The van der Waals surface area contributed by atoms with Gasteiger partial charge in [0.05, 0.1) is 5.75 Å². The fraction of sp³-hybridized carbons (Fsp3) is 0.222. The van der Waals surface area contributed by atoms with Crippen LogP contribution in [0.2, 0.25) is 0 Å². The van der Waals surface area contributed by atoms with E-state index in [1.165, 1.54) is 22.9 Å². The van der Waals surface area contributed by atoms with Crippen LogP contribution in [-0.2, 0) is 4.79 Å². The average Bonchev–Trinajstić information content (AvgIpc) is 2.78. The van der Waals surface area contributed by atoms with Crippen LogP contribution < -0.4 is 10.9 Å². The van der Waals surface area contributed by atoms with Crippen LogP contribution in [0.25, 0.3) is 0 Å². The van der Waals surface area contributed by atoms with Gasteiger partial charge in [-0.15, -0.1) is 10.2 Å². The zero-order chi connectivity index (χ0) is 13.0. The number of amides is 1. The predicted molar refractivity (Wildman–Crippen MR) is 68.9 cm³/mol. The molecule has 0 fully saturated rings. The Morgan fingerprint density at radius 2 is 2.44 bits per heavy atom. The van der Waals surface area contributed by atoms with Crippen LogP contribution in [-0.4, -0.2) is 31.8 Å². The number of aromatic amines is 1. The van der Waals surface area contributed by atoms with E-state index in [2.05, 4.69) is 25.5 Å². The molecule has 0 aliphatic rings. The lowest BCUT2D eigenvalue weighted by molar-refractivity contribution is -0.113. The molecule has 0 saturated heterocycles. The van der Waals surface area contributed by atoms with Gasteiger partial charge in [0.2, 0.25) is 11.0 Å². The molecular weight excluding hydrogens is 274 g/mol. The highest BCUT2D eigenvalue weighted by molar-refractivity contribution is 7.99. The van der Waals surface area contributed by atoms with Gasteiger partial charge >= 0.3 is 0 Å². The van der Waals surface area contributed by atoms with Crippen molar-refractivity contribution in [3.05, 3.63) is 27.6 Å². The molecule has 0 spiro atoms. The molecule has 2 N–H and O–H groups in total. The molecule has 2 heterocycles. The van der Waals surface area contributed by atoms with Crippen molar-refractivity contribution in [2.75, 3.05) is 11.1 Å². The van der Waals surface area contributed by atoms with Crippen molar-refractivity contribution in [3.63, 3.8) is 0 Å². The molecular formula is C9H9N5O2S2. The van der Waals surface area contributed by atoms with Gasteiger partial charge in [-0.1, -0.05) is 23.1 Å². The van der Waals surface area contributed by atoms with Crippen LogP contribution in [0.1, 0.15) is 5.69 Å². The Balaban J connectivity index is 1.91. The number of hydrogen-bond donors (Lipinski definition) is 2. The molecule has 18 heavy (non-hydrogen) atoms. The molecule has 0 atom stereocenters. The maximum Gasteiger partial charge on any atom is 0.251 e. The van der Waals surface area contributed by atoms with Gasteiger partial charge < -0.3 is 4.98 Å². The normalized spacial score (nSPS) is 10.3. The Kier molecular flexibility index (Phi) is 4.05. The van der Waals surface area contributed by atoms with Crippen molar-refractivity contribution in [1.82, 2.24) is 20.2 Å². The quantitative estimate of drug-likeness (QED) is 0.631. The zero-order valence-corrected chi connectivity index (χ0v) is 11.0. The summed E-state index contributed by atoms with van der Waals surface area (Å²) in [6, 6.07) is 1.39. The van der Waals surface area contributed by atoms with E-state index in [1.54, 1.807) is 6.92 Å². The summed E-state index contributed by atoms with van der Waals surface area (Å²) >= 11 is 2.40. The molecule has 0 aliphatic carbocycles. The van der Waals surface area contributed by atoms with Crippen LogP contribution in [0.4, 0.5) is 5.13 Å². The number of aromatic nitrogens is 4. The van der Waals surface area contributed by atoms with Crippen LogP contribution >= 0.6 is 23.1 Å². The molecule has 0 aromatic carbocycles. The van der Waals surface area contributed by atoms with Gasteiger partial charge in [0.25, 0.3) is 5.56 Å². The first kappa shape index (κ1) is 12.7. The number of rotatable bonds is 4. The third-order valence-corrected chi connectivity index (χ3v) is 3.27. The Hall–Kier alpha value is -1.74. The number of nitrogens with zero attached hydrogens (tertiary/aromatic N) is 3.